The van der Waals surface area contributed by atoms with Crippen molar-refractivity contribution in [2.75, 3.05) is 11.5 Å². The fourth-order valence-corrected chi connectivity index (χ4v) is 1.97. The molecule has 1 aliphatic rings. The van der Waals surface area contributed by atoms with Crippen molar-refractivity contribution in [2.24, 2.45) is 0 Å². The molecule has 0 aromatic heterocycles. The maximum Gasteiger partial charge on any atom is 0.275 e. The topological polar surface area (TPSA) is 0 Å². The lowest BCUT2D eigenvalue weighted by Crippen LogP contribution is -2.41. The van der Waals surface area contributed by atoms with Crippen molar-refractivity contribution in [1.29, 1.82) is 0 Å². The number of thioether (sulfide) groups is 1. The van der Waals surface area contributed by atoms with Crippen LogP contribution in [-0.2, 0) is 0 Å². The van der Waals surface area contributed by atoms with Crippen LogP contribution < -0.4 is 0 Å². The first-order valence-electron chi connectivity index (χ1n) is 2.76. The van der Waals surface area contributed by atoms with Crippen LogP contribution in [0.1, 0.15) is 0 Å². The van der Waals surface area contributed by atoms with Gasteiger partial charge in [-0.05, 0) is 0 Å². The molecule has 0 bridgehead atoms. The number of halogens is 4. The quantitative estimate of drug-likeness (QED) is 0.548. The summed E-state index contributed by atoms with van der Waals surface area (Å²) in [5.74, 6) is -0.577. The van der Waals surface area contributed by atoms with Crippen molar-refractivity contribution in [3.05, 3.63) is 0 Å². The van der Waals surface area contributed by atoms with E-state index in [0.717, 1.165) is 11.8 Å². The van der Waals surface area contributed by atoms with E-state index in [1.54, 1.807) is 0 Å². The van der Waals surface area contributed by atoms with Crippen molar-refractivity contribution in [1.82, 2.24) is 0 Å². The van der Waals surface area contributed by atoms with E-state index in [4.69, 9.17) is 0 Å². The molecule has 0 aromatic rings. The Morgan fingerprint density at radius 3 is 2.30 bits per heavy atom. The van der Waals surface area contributed by atoms with E-state index < -0.39 is 24.0 Å². The molecule has 1 fully saturated rings. The fraction of sp³-hybridized carbons (Fsp3) is 1.00. The van der Waals surface area contributed by atoms with Gasteiger partial charge < -0.3 is 0 Å². The second kappa shape index (κ2) is 2.60. The van der Waals surface area contributed by atoms with Gasteiger partial charge in [-0.2, -0.15) is 11.8 Å². The summed E-state index contributed by atoms with van der Waals surface area (Å²) in [6.45, 7) is 0. The molecule has 0 amide bonds. The Kier molecular flexibility index (Phi) is 2.12. The molecule has 5 heteroatoms. The van der Waals surface area contributed by atoms with Crippen LogP contribution in [0.15, 0.2) is 0 Å². The summed E-state index contributed by atoms with van der Waals surface area (Å²) in [6.07, 6.45) is -5.20. The summed E-state index contributed by atoms with van der Waals surface area (Å²) < 4.78 is 48.5. The Morgan fingerprint density at radius 1 is 1.50 bits per heavy atom. The predicted molar refractivity (Wildman–Crippen MR) is 32.1 cm³/mol. The summed E-state index contributed by atoms with van der Waals surface area (Å²) in [5.41, 5.74) is -2.88. The highest BCUT2D eigenvalue weighted by molar-refractivity contribution is 7.99. The van der Waals surface area contributed by atoms with Gasteiger partial charge >= 0.3 is 0 Å². The molecule has 2 atom stereocenters. The zero-order valence-electron chi connectivity index (χ0n) is 4.99. The Morgan fingerprint density at radius 2 is 2.10 bits per heavy atom. The lowest BCUT2D eigenvalue weighted by molar-refractivity contribution is -0.0554. The number of hydrogen-bond donors (Lipinski definition) is 0. The molecule has 0 aliphatic carbocycles. The van der Waals surface area contributed by atoms with E-state index in [-0.39, 0.29) is 5.75 Å². The van der Waals surface area contributed by atoms with Gasteiger partial charge in [0.2, 0.25) is 5.67 Å². The summed E-state index contributed by atoms with van der Waals surface area (Å²) >= 11 is 0.887. The Hall–Kier alpha value is 0.0700. The summed E-state index contributed by atoms with van der Waals surface area (Å²) in [6, 6.07) is 0. The minimum Gasteiger partial charge on any atom is -0.243 e. The van der Waals surface area contributed by atoms with E-state index in [0.29, 0.717) is 0 Å². The van der Waals surface area contributed by atoms with Gasteiger partial charge in [0, 0.05) is 11.5 Å². The van der Waals surface area contributed by atoms with E-state index in [9.17, 15) is 17.6 Å². The SMILES string of the molecule is FC(F)C1(F)CSCC1F. The molecule has 0 radical (unpaired) electrons. The van der Waals surface area contributed by atoms with Crippen LogP contribution in [0.2, 0.25) is 0 Å². The first-order chi connectivity index (χ1) is 4.57. The number of alkyl halides is 4. The summed E-state index contributed by atoms with van der Waals surface area (Å²) in [4.78, 5) is 0. The van der Waals surface area contributed by atoms with E-state index in [2.05, 4.69) is 0 Å². The Labute approximate surface area is 60.0 Å². The van der Waals surface area contributed by atoms with Gasteiger partial charge in [0.1, 0.15) is 6.17 Å². The Bertz CT molecular complexity index is 129. The smallest absolute Gasteiger partial charge is 0.243 e. The van der Waals surface area contributed by atoms with Gasteiger partial charge in [-0.15, -0.1) is 0 Å². The molecule has 0 N–H and O–H groups in total. The summed E-state index contributed by atoms with van der Waals surface area (Å²) in [7, 11) is 0. The van der Waals surface area contributed by atoms with Crippen molar-refractivity contribution >= 4 is 11.8 Å². The monoisotopic (exact) mass is 174 g/mol. The highest BCUT2D eigenvalue weighted by Gasteiger charge is 2.52. The maximum absolute atomic E-state index is 12.7. The molecular formula is C5H6F4S. The van der Waals surface area contributed by atoms with Crippen LogP contribution >= 0.6 is 11.8 Å². The zero-order valence-corrected chi connectivity index (χ0v) is 5.81. The van der Waals surface area contributed by atoms with Crippen LogP contribution in [0.3, 0.4) is 0 Å². The van der Waals surface area contributed by atoms with Gasteiger partial charge in [-0.1, -0.05) is 0 Å². The first-order valence-corrected chi connectivity index (χ1v) is 3.91. The van der Waals surface area contributed by atoms with Gasteiger partial charge in [0.15, 0.2) is 0 Å². The molecule has 60 valence electrons. The van der Waals surface area contributed by atoms with Gasteiger partial charge in [0.05, 0.1) is 0 Å². The number of hydrogen-bond acceptors (Lipinski definition) is 1. The molecule has 0 nitrogen and oxygen atoms in total. The molecule has 1 aliphatic heterocycles. The van der Waals surface area contributed by atoms with E-state index in [1.165, 1.54) is 0 Å². The first kappa shape index (κ1) is 8.17. The third-order valence-corrected chi connectivity index (χ3v) is 2.65. The third kappa shape index (κ3) is 1.11. The van der Waals surface area contributed by atoms with Crippen molar-refractivity contribution in [2.45, 2.75) is 18.3 Å². The molecule has 0 spiro atoms. The third-order valence-electron chi connectivity index (χ3n) is 1.47. The largest absolute Gasteiger partial charge is 0.275 e. The molecule has 10 heavy (non-hydrogen) atoms. The molecule has 1 rings (SSSR count). The molecule has 2 unspecified atom stereocenters. The van der Waals surface area contributed by atoms with Crippen LogP contribution in [0.5, 0.6) is 0 Å². The van der Waals surface area contributed by atoms with Crippen LogP contribution in [0.25, 0.3) is 0 Å². The van der Waals surface area contributed by atoms with Crippen LogP contribution in [0, 0.1) is 0 Å². The molecule has 1 heterocycles. The summed E-state index contributed by atoms with van der Waals surface area (Å²) in [5, 5.41) is 0. The molecule has 0 aromatic carbocycles. The molecule has 0 saturated carbocycles. The van der Waals surface area contributed by atoms with E-state index in [1.807, 2.05) is 0 Å². The van der Waals surface area contributed by atoms with Crippen molar-refractivity contribution < 1.29 is 17.6 Å². The second-order valence-corrected chi connectivity index (χ2v) is 3.24. The highest BCUT2D eigenvalue weighted by Crippen LogP contribution is 2.38. The van der Waals surface area contributed by atoms with Crippen molar-refractivity contribution in [3.63, 3.8) is 0 Å². The lowest BCUT2D eigenvalue weighted by Gasteiger charge is -2.18. The van der Waals surface area contributed by atoms with E-state index >= 15 is 0 Å². The van der Waals surface area contributed by atoms with Gasteiger partial charge in [-0.3, -0.25) is 0 Å². The normalized spacial score (nSPS) is 41.1. The minimum absolute atomic E-state index is 0.152. The fourth-order valence-electron chi connectivity index (χ4n) is 0.747. The number of rotatable bonds is 1. The average molecular weight is 174 g/mol. The molecule has 1 saturated heterocycles. The van der Waals surface area contributed by atoms with Gasteiger partial charge in [0.25, 0.3) is 6.43 Å². The van der Waals surface area contributed by atoms with Crippen LogP contribution in [0.4, 0.5) is 17.6 Å². The minimum atomic E-state index is -3.20. The standard InChI is InChI=1S/C5H6F4S/c6-3-1-10-2-5(3,9)4(7)8/h3-4H,1-2H2. The van der Waals surface area contributed by atoms with Gasteiger partial charge in [-0.25, -0.2) is 17.6 Å². The van der Waals surface area contributed by atoms with Crippen molar-refractivity contribution in [3.8, 4) is 0 Å². The molecular weight excluding hydrogens is 168 g/mol. The second-order valence-electron chi connectivity index (χ2n) is 2.21. The Balaban J connectivity index is 2.66. The average Bonchev–Trinajstić information content (AvgIpc) is 2.15. The predicted octanol–water partition coefficient (Wildman–Crippen LogP) is 2.04. The highest BCUT2D eigenvalue weighted by atomic mass is 32.2. The maximum atomic E-state index is 12.7. The van der Waals surface area contributed by atoms with Crippen LogP contribution in [-0.4, -0.2) is 29.8 Å². The lowest BCUT2D eigenvalue weighted by atomic mass is 10.1. The zero-order chi connectivity index (χ0) is 7.78.